The van der Waals surface area contributed by atoms with E-state index < -0.39 is 6.10 Å². The largest absolute Gasteiger partial charge is 0.391 e. The Labute approximate surface area is 103 Å². The number of nitrogens with zero attached hydrogens (tertiary/aromatic N) is 1. The van der Waals surface area contributed by atoms with Gasteiger partial charge in [-0.2, -0.15) is 0 Å². The smallest absolute Gasteiger partial charge is 0.226 e. The van der Waals surface area contributed by atoms with Crippen LogP contribution in [0.15, 0.2) is 0 Å². The van der Waals surface area contributed by atoms with Crippen molar-refractivity contribution in [1.82, 2.24) is 10.2 Å². The van der Waals surface area contributed by atoms with Crippen LogP contribution in [0.4, 0.5) is 0 Å². The van der Waals surface area contributed by atoms with Crippen molar-refractivity contribution >= 4 is 5.91 Å². The summed E-state index contributed by atoms with van der Waals surface area (Å²) >= 11 is 0. The molecule has 0 spiro atoms. The molecule has 0 aromatic rings. The first kappa shape index (κ1) is 12.8. The van der Waals surface area contributed by atoms with Gasteiger partial charge in [0.2, 0.25) is 5.91 Å². The first-order valence-corrected chi connectivity index (χ1v) is 6.89. The van der Waals surface area contributed by atoms with E-state index in [4.69, 9.17) is 0 Å². The van der Waals surface area contributed by atoms with Crippen molar-refractivity contribution in [1.29, 1.82) is 0 Å². The van der Waals surface area contributed by atoms with E-state index in [2.05, 4.69) is 5.32 Å². The lowest BCUT2D eigenvalue weighted by atomic mass is 9.92. The average Bonchev–Trinajstić information content (AvgIpc) is 2.39. The maximum atomic E-state index is 12.5. The van der Waals surface area contributed by atoms with Crippen LogP contribution >= 0.6 is 0 Å². The lowest BCUT2D eigenvalue weighted by molar-refractivity contribution is -0.143. The van der Waals surface area contributed by atoms with Gasteiger partial charge in [0.15, 0.2) is 0 Å². The standard InChI is InChI=1S/C13H24N2O2/c1-10(16)12-4-2-3-9-15(12)13(17)11-5-7-14-8-6-11/h10-12,14,16H,2-9H2,1H3/t10-,12-/m1/s1. The number of nitrogens with one attached hydrogen (secondary N) is 1. The predicted octanol–water partition coefficient (Wildman–Crippen LogP) is 0.748. The molecule has 0 saturated carbocycles. The monoisotopic (exact) mass is 240 g/mol. The number of hydrogen-bond acceptors (Lipinski definition) is 3. The Kier molecular flexibility index (Phi) is 4.40. The van der Waals surface area contributed by atoms with Crippen molar-refractivity contribution in [2.75, 3.05) is 19.6 Å². The predicted molar refractivity (Wildman–Crippen MR) is 66.6 cm³/mol. The second-order valence-electron chi connectivity index (χ2n) is 5.36. The van der Waals surface area contributed by atoms with E-state index in [1.807, 2.05) is 4.90 Å². The number of hydrogen-bond donors (Lipinski definition) is 2. The Morgan fingerprint density at radius 1 is 1.29 bits per heavy atom. The highest BCUT2D eigenvalue weighted by Gasteiger charge is 2.33. The lowest BCUT2D eigenvalue weighted by Crippen LogP contribution is -2.52. The van der Waals surface area contributed by atoms with E-state index in [9.17, 15) is 9.90 Å². The van der Waals surface area contributed by atoms with Crippen LogP contribution in [0.1, 0.15) is 39.0 Å². The van der Waals surface area contributed by atoms with Crippen LogP contribution in [-0.2, 0) is 4.79 Å². The summed E-state index contributed by atoms with van der Waals surface area (Å²) in [6.07, 6.45) is 4.66. The van der Waals surface area contributed by atoms with Gasteiger partial charge in [0.05, 0.1) is 12.1 Å². The van der Waals surface area contributed by atoms with Gasteiger partial charge in [-0.05, 0) is 52.1 Å². The normalized spacial score (nSPS) is 29.1. The van der Waals surface area contributed by atoms with Crippen LogP contribution in [0.3, 0.4) is 0 Å². The highest BCUT2D eigenvalue weighted by atomic mass is 16.3. The fourth-order valence-electron chi connectivity index (χ4n) is 3.04. The third kappa shape index (κ3) is 2.99. The van der Waals surface area contributed by atoms with Crippen molar-refractivity contribution in [2.24, 2.45) is 5.92 Å². The van der Waals surface area contributed by atoms with Gasteiger partial charge in [0, 0.05) is 12.5 Å². The van der Waals surface area contributed by atoms with Crippen molar-refractivity contribution in [2.45, 2.75) is 51.2 Å². The molecule has 1 amide bonds. The highest BCUT2D eigenvalue weighted by molar-refractivity contribution is 5.79. The molecule has 2 atom stereocenters. The Morgan fingerprint density at radius 2 is 2.00 bits per heavy atom. The van der Waals surface area contributed by atoms with Crippen LogP contribution < -0.4 is 5.32 Å². The third-order valence-electron chi connectivity index (χ3n) is 4.08. The molecule has 4 nitrogen and oxygen atoms in total. The van der Waals surface area contributed by atoms with Gasteiger partial charge in [-0.25, -0.2) is 0 Å². The number of aliphatic hydroxyl groups excluding tert-OH is 1. The molecule has 2 rings (SSSR count). The molecule has 0 aromatic carbocycles. The summed E-state index contributed by atoms with van der Waals surface area (Å²) in [5.41, 5.74) is 0. The highest BCUT2D eigenvalue weighted by Crippen LogP contribution is 2.24. The number of amides is 1. The van der Waals surface area contributed by atoms with Crippen LogP contribution in [0.25, 0.3) is 0 Å². The van der Waals surface area contributed by atoms with E-state index in [0.29, 0.717) is 0 Å². The van der Waals surface area contributed by atoms with Crippen molar-refractivity contribution in [3.8, 4) is 0 Å². The van der Waals surface area contributed by atoms with Gasteiger partial charge in [0.25, 0.3) is 0 Å². The Balaban J connectivity index is 1.99. The summed E-state index contributed by atoms with van der Waals surface area (Å²) in [6, 6.07) is 0.0473. The molecule has 98 valence electrons. The van der Waals surface area contributed by atoms with Crippen molar-refractivity contribution in [3.63, 3.8) is 0 Å². The number of carbonyl (C=O) groups excluding carboxylic acids is 1. The van der Waals surface area contributed by atoms with E-state index in [1.54, 1.807) is 6.92 Å². The first-order valence-electron chi connectivity index (χ1n) is 6.89. The molecule has 17 heavy (non-hydrogen) atoms. The van der Waals surface area contributed by atoms with Crippen LogP contribution in [0.2, 0.25) is 0 Å². The first-order chi connectivity index (χ1) is 8.20. The fraction of sp³-hybridized carbons (Fsp3) is 0.923. The zero-order valence-electron chi connectivity index (χ0n) is 10.7. The van der Waals surface area contributed by atoms with Gasteiger partial charge in [-0.3, -0.25) is 4.79 Å². The van der Waals surface area contributed by atoms with Crippen molar-refractivity contribution in [3.05, 3.63) is 0 Å². The summed E-state index contributed by atoms with van der Waals surface area (Å²) in [7, 11) is 0. The SMILES string of the molecule is C[C@@H](O)[C@H]1CCCCN1C(=O)C1CCNCC1. The zero-order valence-corrected chi connectivity index (χ0v) is 10.7. The molecular formula is C13H24N2O2. The number of likely N-dealkylation sites (tertiary alicyclic amines) is 1. The minimum absolute atomic E-state index is 0.0473. The minimum Gasteiger partial charge on any atom is -0.391 e. The summed E-state index contributed by atoms with van der Waals surface area (Å²) in [5.74, 6) is 0.452. The molecule has 2 saturated heterocycles. The van der Waals surface area contributed by atoms with Crippen LogP contribution in [0.5, 0.6) is 0 Å². The van der Waals surface area contributed by atoms with Gasteiger partial charge in [0.1, 0.15) is 0 Å². The quantitative estimate of drug-likeness (QED) is 0.749. The molecule has 2 fully saturated rings. The summed E-state index contributed by atoms with van der Waals surface area (Å²) in [4.78, 5) is 14.4. The molecule has 0 radical (unpaired) electrons. The molecule has 0 unspecified atom stereocenters. The molecule has 0 bridgehead atoms. The maximum absolute atomic E-state index is 12.5. The summed E-state index contributed by atoms with van der Waals surface area (Å²) in [6.45, 7) is 4.53. The van der Waals surface area contributed by atoms with E-state index in [1.165, 1.54) is 0 Å². The van der Waals surface area contributed by atoms with Crippen LogP contribution in [-0.4, -0.2) is 47.7 Å². The van der Waals surface area contributed by atoms with Gasteiger partial charge in [-0.15, -0.1) is 0 Å². The average molecular weight is 240 g/mol. The van der Waals surface area contributed by atoms with Crippen LogP contribution in [0, 0.1) is 5.92 Å². The molecule has 0 aliphatic carbocycles. The minimum atomic E-state index is -0.402. The summed E-state index contributed by atoms with van der Waals surface area (Å²) < 4.78 is 0. The molecule has 0 aromatic heterocycles. The van der Waals surface area contributed by atoms with Gasteiger partial charge >= 0.3 is 0 Å². The molecule has 4 heteroatoms. The number of aliphatic hydroxyl groups is 1. The Bertz CT molecular complexity index is 262. The molecule has 2 aliphatic rings. The number of piperidine rings is 2. The fourth-order valence-corrected chi connectivity index (χ4v) is 3.04. The van der Waals surface area contributed by atoms with E-state index in [-0.39, 0.29) is 17.9 Å². The topological polar surface area (TPSA) is 52.6 Å². The number of carbonyl (C=O) groups is 1. The van der Waals surface area contributed by atoms with E-state index >= 15 is 0 Å². The number of rotatable bonds is 2. The second-order valence-corrected chi connectivity index (χ2v) is 5.36. The maximum Gasteiger partial charge on any atom is 0.226 e. The molecule has 2 N–H and O–H groups in total. The molecule has 2 heterocycles. The molecule has 2 aliphatic heterocycles. The second kappa shape index (κ2) is 5.83. The Morgan fingerprint density at radius 3 is 2.65 bits per heavy atom. The van der Waals surface area contributed by atoms with Crippen molar-refractivity contribution < 1.29 is 9.90 Å². The van der Waals surface area contributed by atoms with Gasteiger partial charge < -0.3 is 15.3 Å². The zero-order chi connectivity index (χ0) is 12.3. The van der Waals surface area contributed by atoms with E-state index in [0.717, 1.165) is 51.7 Å². The molecular weight excluding hydrogens is 216 g/mol. The Hall–Kier alpha value is -0.610. The van der Waals surface area contributed by atoms with Gasteiger partial charge in [-0.1, -0.05) is 0 Å². The lowest BCUT2D eigenvalue weighted by Gasteiger charge is -2.40. The third-order valence-corrected chi connectivity index (χ3v) is 4.08. The summed E-state index contributed by atoms with van der Waals surface area (Å²) in [5, 5.41) is 13.1.